The predicted octanol–water partition coefficient (Wildman–Crippen LogP) is 0.987. The van der Waals surface area contributed by atoms with E-state index >= 15 is 0 Å². The zero-order chi connectivity index (χ0) is 13.1. The third kappa shape index (κ3) is 2.28. The van der Waals surface area contributed by atoms with Crippen LogP contribution in [0.25, 0.3) is 0 Å². The topological polar surface area (TPSA) is 96.5 Å². The van der Waals surface area contributed by atoms with E-state index in [0.29, 0.717) is 5.82 Å². The molecule has 0 bridgehead atoms. The number of hydrogen-bond acceptors (Lipinski definition) is 5. The summed E-state index contributed by atoms with van der Waals surface area (Å²) in [7, 11) is 1.62. The van der Waals surface area contributed by atoms with Crippen LogP contribution in [0.4, 0.5) is 5.82 Å². The third-order valence-electron chi connectivity index (χ3n) is 2.14. The highest BCUT2D eigenvalue weighted by Crippen LogP contribution is 2.13. The van der Waals surface area contributed by atoms with E-state index in [-0.39, 0.29) is 16.4 Å². The molecule has 2 aromatic rings. The lowest BCUT2D eigenvalue weighted by Gasteiger charge is -2.04. The first-order valence-corrected chi connectivity index (χ1v) is 5.20. The van der Waals surface area contributed by atoms with Crippen LogP contribution in [0.2, 0.25) is 5.15 Å². The molecule has 1 N–H and O–H groups in total. The maximum absolute atomic E-state index is 11.8. The predicted molar refractivity (Wildman–Crippen MR) is 62.9 cm³/mol. The fourth-order valence-corrected chi connectivity index (χ4v) is 1.37. The molecule has 7 nitrogen and oxygen atoms in total. The van der Waals surface area contributed by atoms with Gasteiger partial charge in [0.1, 0.15) is 28.3 Å². The summed E-state index contributed by atoms with van der Waals surface area (Å²) in [5.41, 5.74) is 0.372. The molecule has 0 unspecified atom stereocenters. The second kappa shape index (κ2) is 4.81. The summed E-state index contributed by atoms with van der Waals surface area (Å²) >= 11 is 5.57. The Morgan fingerprint density at radius 3 is 2.83 bits per heavy atom. The van der Waals surface area contributed by atoms with E-state index in [4.69, 9.17) is 16.9 Å². The molecule has 2 aromatic heterocycles. The van der Waals surface area contributed by atoms with Gasteiger partial charge >= 0.3 is 0 Å². The summed E-state index contributed by atoms with van der Waals surface area (Å²) in [6.07, 6.45) is 3.88. The van der Waals surface area contributed by atoms with E-state index in [1.54, 1.807) is 7.05 Å². The average molecular weight is 263 g/mol. The summed E-state index contributed by atoms with van der Waals surface area (Å²) in [6, 6.07) is 1.93. The minimum Gasteiger partial charge on any atom is -0.304 e. The molecule has 0 aliphatic carbocycles. The molecule has 18 heavy (non-hydrogen) atoms. The number of rotatable bonds is 2. The molecule has 1 amide bonds. The van der Waals surface area contributed by atoms with Crippen LogP contribution in [0.5, 0.6) is 0 Å². The summed E-state index contributed by atoms with van der Waals surface area (Å²) in [4.78, 5) is 19.4. The van der Waals surface area contributed by atoms with Crippen molar-refractivity contribution in [3.63, 3.8) is 0 Å². The number of nitrogens with zero attached hydrogens (tertiary/aromatic N) is 5. The molecule has 0 fully saturated rings. The van der Waals surface area contributed by atoms with Gasteiger partial charge in [-0.3, -0.25) is 9.48 Å². The largest absolute Gasteiger partial charge is 0.304 e. The number of nitrogens with one attached hydrogen (secondary N) is 1. The molecule has 0 saturated heterocycles. The third-order valence-corrected chi connectivity index (χ3v) is 2.34. The number of carbonyl (C=O) groups excluding carboxylic acids is 1. The van der Waals surface area contributed by atoms with E-state index in [1.807, 2.05) is 6.07 Å². The molecule has 0 atom stereocenters. The normalized spacial score (nSPS) is 9.83. The standard InChI is InChI=1S/C10H7ClN6O/c1-17-9(6(2-12)3-15-17)16-10(18)7-4-14-8(11)5-13-7/h3-5H,1H3,(H,16,18). The van der Waals surface area contributed by atoms with E-state index in [9.17, 15) is 4.79 Å². The first kappa shape index (κ1) is 12.0. The summed E-state index contributed by atoms with van der Waals surface area (Å²) in [5.74, 6) is -0.182. The SMILES string of the molecule is Cn1ncc(C#N)c1NC(=O)c1cnc(Cl)cn1. The molecule has 0 saturated carbocycles. The van der Waals surface area contributed by atoms with E-state index in [2.05, 4.69) is 20.4 Å². The van der Waals surface area contributed by atoms with Gasteiger partial charge in [0.05, 0.1) is 18.6 Å². The van der Waals surface area contributed by atoms with Crippen LogP contribution in [0.15, 0.2) is 18.6 Å². The van der Waals surface area contributed by atoms with Gasteiger partial charge in [-0.2, -0.15) is 10.4 Å². The number of amides is 1. The molecule has 2 rings (SSSR count). The number of anilines is 1. The lowest BCUT2D eigenvalue weighted by atomic mass is 10.3. The van der Waals surface area contributed by atoms with Crippen molar-refractivity contribution in [3.05, 3.63) is 35.0 Å². The smallest absolute Gasteiger partial charge is 0.277 e. The van der Waals surface area contributed by atoms with E-state index in [1.165, 1.54) is 23.3 Å². The van der Waals surface area contributed by atoms with Crippen molar-refractivity contribution < 1.29 is 4.79 Å². The van der Waals surface area contributed by atoms with Crippen LogP contribution in [-0.4, -0.2) is 25.7 Å². The molecular weight excluding hydrogens is 256 g/mol. The lowest BCUT2D eigenvalue weighted by molar-refractivity contribution is 0.102. The van der Waals surface area contributed by atoms with Crippen molar-refractivity contribution in [1.82, 2.24) is 19.7 Å². The van der Waals surface area contributed by atoms with E-state index < -0.39 is 5.91 Å². The Balaban J connectivity index is 2.24. The highest BCUT2D eigenvalue weighted by atomic mass is 35.5. The summed E-state index contributed by atoms with van der Waals surface area (Å²) in [5, 5.41) is 15.5. The fraction of sp³-hybridized carbons (Fsp3) is 0.100. The van der Waals surface area contributed by atoms with Crippen molar-refractivity contribution >= 4 is 23.3 Å². The second-order valence-corrected chi connectivity index (χ2v) is 3.71. The van der Waals surface area contributed by atoms with Crippen molar-refractivity contribution in [2.45, 2.75) is 0 Å². The zero-order valence-electron chi connectivity index (χ0n) is 9.25. The Bertz CT molecular complexity index is 627. The highest BCUT2D eigenvalue weighted by molar-refractivity contribution is 6.29. The number of nitriles is 1. The first-order chi connectivity index (χ1) is 8.61. The van der Waals surface area contributed by atoms with Crippen molar-refractivity contribution in [1.29, 1.82) is 5.26 Å². The number of hydrogen-bond donors (Lipinski definition) is 1. The van der Waals surface area contributed by atoms with Crippen LogP contribution in [-0.2, 0) is 7.05 Å². The number of carbonyl (C=O) groups is 1. The Kier molecular flexibility index (Phi) is 3.21. The summed E-state index contributed by atoms with van der Waals surface area (Å²) in [6.45, 7) is 0. The second-order valence-electron chi connectivity index (χ2n) is 3.32. The molecule has 8 heteroatoms. The van der Waals surface area contributed by atoms with Crippen molar-refractivity contribution in [2.24, 2.45) is 7.05 Å². The van der Waals surface area contributed by atoms with Crippen LogP contribution in [0, 0.1) is 11.3 Å². The Morgan fingerprint density at radius 2 is 2.22 bits per heavy atom. The molecule has 0 radical (unpaired) electrons. The number of aryl methyl sites for hydroxylation is 1. The van der Waals surface area contributed by atoms with Crippen molar-refractivity contribution in [2.75, 3.05) is 5.32 Å². The van der Waals surface area contributed by atoms with Gasteiger partial charge in [0.25, 0.3) is 5.91 Å². The molecular formula is C10H7ClN6O. The quantitative estimate of drug-likeness (QED) is 0.870. The van der Waals surface area contributed by atoms with Gasteiger partial charge in [-0.15, -0.1) is 0 Å². The molecule has 2 heterocycles. The van der Waals surface area contributed by atoms with E-state index in [0.717, 1.165) is 0 Å². The summed E-state index contributed by atoms with van der Waals surface area (Å²) < 4.78 is 1.39. The van der Waals surface area contributed by atoms with Crippen LogP contribution >= 0.6 is 11.6 Å². The van der Waals surface area contributed by atoms with Gasteiger partial charge in [0.2, 0.25) is 0 Å². The average Bonchev–Trinajstić information content (AvgIpc) is 2.71. The fourth-order valence-electron chi connectivity index (χ4n) is 1.27. The number of halogens is 1. The Morgan fingerprint density at radius 1 is 1.44 bits per heavy atom. The maximum Gasteiger partial charge on any atom is 0.277 e. The molecule has 0 aliphatic heterocycles. The van der Waals surface area contributed by atoms with Gasteiger partial charge in [-0.05, 0) is 0 Å². The Labute approximate surface area is 107 Å². The molecule has 0 aliphatic rings. The van der Waals surface area contributed by atoms with Gasteiger partial charge in [-0.25, -0.2) is 9.97 Å². The van der Waals surface area contributed by atoms with Crippen LogP contribution in [0.3, 0.4) is 0 Å². The van der Waals surface area contributed by atoms with Crippen molar-refractivity contribution in [3.8, 4) is 6.07 Å². The van der Waals surface area contributed by atoms with Gasteiger partial charge in [0, 0.05) is 7.05 Å². The van der Waals surface area contributed by atoms with Gasteiger partial charge < -0.3 is 5.32 Å². The maximum atomic E-state index is 11.8. The lowest BCUT2D eigenvalue weighted by Crippen LogP contribution is -2.17. The minimum atomic E-state index is -0.487. The molecule has 0 aromatic carbocycles. The highest BCUT2D eigenvalue weighted by Gasteiger charge is 2.14. The van der Waals surface area contributed by atoms with Crippen LogP contribution in [0.1, 0.15) is 16.1 Å². The molecule has 90 valence electrons. The first-order valence-electron chi connectivity index (χ1n) is 4.83. The zero-order valence-corrected chi connectivity index (χ0v) is 10.0. The minimum absolute atomic E-state index is 0.101. The van der Waals surface area contributed by atoms with Gasteiger partial charge in [-0.1, -0.05) is 11.6 Å². The van der Waals surface area contributed by atoms with Gasteiger partial charge in [0.15, 0.2) is 0 Å². The number of aromatic nitrogens is 4. The Hall–Kier alpha value is -2.46. The van der Waals surface area contributed by atoms with Crippen LogP contribution < -0.4 is 5.32 Å². The monoisotopic (exact) mass is 262 g/mol. The molecule has 0 spiro atoms.